The molecule has 1 amide bonds. The van der Waals surface area contributed by atoms with E-state index < -0.39 is 0 Å². The third-order valence-electron chi connectivity index (χ3n) is 2.88. The number of fused-ring (bicyclic) bond motifs is 1. The lowest BCUT2D eigenvalue weighted by Crippen LogP contribution is -2.20. The van der Waals surface area contributed by atoms with Gasteiger partial charge in [0, 0.05) is 23.8 Å². The Morgan fingerprint density at radius 2 is 2.25 bits per heavy atom. The Kier molecular flexibility index (Phi) is 3.13. The van der Waals surface area contributed by atoms with Gasteiger partial charge >= 0.3 is 0 Å². The van der Waals surface area contributed by atoms with Gasteiger partial charge < -0.3 is 10.6 Å². The van der Waals surface area contributed by atoms with Gasteiger partial charge in [-0.25, -0.2) is 0 Å². The highest BCUT2D eigenvalue weighted by molar-refractivity contribution is 5.93. The summed E-state index contributed by atoms with van der Waals surface area (Å²) in [6.45, 7) is 4.83. The molecule has 0 bridgehead atoms. The van der Waals surface area contributed by atoms with Gasteiger partial charge in [0.05, 0.1) is 0 Å². The van der Waals surface area contributed by atoms with Crippen LogP contribution in [0.15, 0.2) is 18.2 Å². The molecule has 0 spiro atoms. The molecular weight excluding hydrogens is 200 g/mol. The Bertz CT molecular complexity index is 399. The maximum absolute atomic E-state index is 11.7. The first kappa shape index (κ1) is 11.0. The lowest BCUT2D eigenvalue weighted by atomic mass is 10.0. The normalized spacial score (nSPS) is 14.2. The molecule has 0 fully saturated rings. The summed E-state index contributed by atoms with van der Waals surface area (Å²) >= 11 is 0. The molecular formula is C13H18N2O. The average Bonchev–Trinajstić information content (AvgIpc) is 2.29. The Labute approximate surface area is 96.2 Å². The number of benzene rings is 1. The first-order valence-electron chi connectivity index (χ1n) is 5.85. The van der Waals surface area contributed by atoms with Gasteiger partial charge in [0.1, 0.15) is 0 Å². The van der Waals surface area contributed by atoms with Crippen LogP contribution in [0.4, 0.5) is 11.4 Å². The summed E-state index contributed by atoms with van der Waals surface area (Å²) in [5.74, 6) is 0.103. The van der Waals surface area contributed by atoms with Crippen LogP contribution in [0.1, 0.15) is 25.8 Å². The highest BCUT2D eigenvalue weighted by Crippen LogP contribution is 2.29. The monoisotopic (exact) mass is 218 g/mol. The quantitative estimate of drug-likeness (QED) is 0.801. The van der Waals surface area contributed by atoms with Gasteiger partial charge in [-0.05, 0) is 30.5 Å². The first-order valence-corrected chi connectivity index (χ1v) is 5.85. The van der Waals surface area contributed by atoms with Crippen LogP contribution in [-0.2, 0) is 11.2 Å². The van der Waals surface area contributed by atoms with Crippen molar-refractivity contribution in [2.45, 2.75) is 26.7 Å². The van der Waals surface area contributed by atoms with Gasteiger partial charge in [-0.3, -0.25) is 4.79 Å². The zero-order valence-corrected chi connectivity index (χ0v) is 9.84. The van der Waals surface area contributed by atoms with E-state index in [1.54, 1.807) is 0 Å². The Hall–Kier alpha value is -1.51. The number of nitrogens with one attached hydrogen (secondary N) is 2. The molecule has 3 nitrogen and oxygen atoms in total. The summed E-state index contributed by atoms with van der Waals surface area (Å²) in [4.78, 5) is 11.7. The molecule has 1 aliphatic heterocycles. The number of hydrogen-bond donors (Lipinski definition) is 2. The fourth-order valence-electron chi connectivity index (χ4n) is 1.90. The molecule has 86 valence electrons. The van der Waals surface area contributed by atoms with Gasteiger partial charge in [-0.2, -0.15) is 0 Å². The lowest BCUT2D eigenvalue weighted by molar-refractivity contribution is -0.118. The van der Waals surface area contributed by atoms with Crippen LogP contribution in [0.25, 0.3) is 0 Å². The fraction of sp³-hybridized carbons (Fsp3) is 0.462. The van der Waals surface area contributed by atoms with Crippen molar-refractivity contribution in [3.05, 3.63) is 23.8 Å². The molecule has 0 aromatic heterocycles. The molecule has 0 saturated carbocycles. The summed E-state index contributed by atoms with van der Waals surface area (Å²) < 4.78 is 0. The van der Waals surface area contributed by atoms with E-state index in [0.717, 1.165) is 30.8 Å². The van der Waals surface area contributed by atoms with Crippen molar-refractivity contribution in [2.24, 2.45) is 5.92 Å². The fourth-order valence-corrected chi connectivity index (χ4v) is 1.90. The summed E-state index contributed by atoms with van der Waals surface area (Å²) in [7, 11) is 0. The second-order valence-corrected chi connectivity index (χ2v) is 4.51. The lowest BCUT2D eigenvalue weighted by Gasteiger charge is -2.21. The number of hydrogen-bond acceptors (Lipinski definition) is 2. The Morgan fingerprint density at radius 1 is 1.44 bits per heavy atom. The molecule has 0 atom stereocenters. The van der Waals surface area contributed by atoms with Crippen LogP contribution >= 0.6 is 0 Å². The highest BCUT2D eigenvalue weighted by Gasteiger charge is 2.15. The van der Waals surface area contributed by atoms with Crippen LogP contribution in [-0.4, -0.2) is 12.5 Å². The molecule has 0 saturated heterocycles. The van der Waals surface area contributed by atoms with E-state index in [4.69, 9.17) is 0 Å². The largest absolute Gasteiger partial charge is 0.385 e. The van der Waals surface area contributed by atoms with Crippen LogP contribution in [0.2, 0.25) is 0 Å². The van der Waals surface area contributed by atoms with E-state index in [2.05, 4.69) is 16.7 Å². The van der Waals surface area contributed by atoms with Crippen molar-refractivity contribution in [3.63, 3.8) is 0 Å². The topological polar surface area (TPSA) is 41.1 Å². The minimum absolute atomic E-state index is 0.0207. The molecule has 0 aliphatic carbocycles. The van der Waals surface area contributed by atoms with Gasteiger partial charge in [-0.15, -0.1) is 0 Å². The molecule has 0 unspecified atom stereocenters. The molecule has 2 N–H and O–H groups in total. The van der Waals surface area contributed by atoms with Crippen molar-refractivity contribution in [3.8, 4) is 0 Å². The molecule has 1 aliphatic rings. The van der Waals surface area contributed by atoms with E-state index in [0.29, 0.717) is 0 Å². The van der Waals surface area contributed by atoms with E-state index in [9.17, 15) is 4.79 Å². The van der Waals surface area contributed by atoms with Crippen molar-refractivity contribution in [2.75, 3.05) is 17.2 Å². The zero-order chi connectivity index (χ0) is 11.5. The second-order valence-electron chi connectivity index (χ2n) is 4.51. The van der Waals surface area contributed by atoms with Gasteiger partial charge in [0.15, 0.2) is 0 Å². The first-order chi connectivity index (χ1) is 7.68. The standard InChI is InChI=1S/C13H18N2O/c1-9(2)13(16)15-12-7-3-6-11-10(12)5-4-8-14-11/h3,6-7,9,14H,4-5,8H2,1-2H3,(H,15,16). The molecule has 1 aromatic rings. The van der Waals surface area contributed by atoms with Gasteiger partial charge in [0.2, 0.25) is 5.91 Å². The maximum atomic E-state index is 11.7. The minimum Gasteiger partial charge on any atom is -0.385 e. The van der Waals surface area contributed by atoms with E-state index in [1.807, 2.05) is 26.0 Å². The van der Waals surface area contributed by atoms with E-state index in [1.165, 1.54) is 5.56 Å². The summed E-state index contributed by atoms with van der Waals surface area (Å²) in [5.41, 5.74) is 3.36. The maximum Gasteiger partial charge on any atom is 0.226 e. The van der Waals surface area contributed by atoms with Crippen LogP contribution in [0.5, 0.6) is 0 Å². The zero-order valence-electron chi connectivity index (χ0n) is 9.84. The number of carbonyl (C=O) groups is 1. The summed E-state index contributed by atoms with van der Waals surface area (Å²) in [6.07, 6.45) is 2.17. The molecule has 0 radical (unpaired) electrons. The number of anilines is 2. The van der Waals surface area contributed by atoms with E-state index in [-0.39, 0.29) is 11.8 Å². The van der Waals surface area contributed by atoms with Crippen molar-refractivity contribution in [1.82, 2.24) is 0 Å². The summed E-state index contributed by atoms with van der Waals surface area (Å²) in [6, 6.07) is 6.03. The molecule has 1 heterocycles. The highest BCUT2D eigenvalue weighted by atomic mass is 16.1. The molecule has 3 heteroatoms. The van der Waals surface area contributed by atoms with Gasteiger partial charge in [-0.1, -0.05) is 19.9 Å². The molecule has 2 rings (SSSR count). The third-order valence-corrected chi connectivity index (χ3v) is 2.88. The molecule has 1 aromatic carbocycles. The van der Waals surface area contributed by atoms with Crippen LogP contribution < -0.4 is 10.6 Å². The Morgan fingerprint density at radius 3 is 3.00 bits per heavy atom. The van der Waals surface area contributed by atoms with Crippen molar-refractivity contribution >= 4 is 17.3 Å². The third kappa shape index (κ3) is 2.18. The SMILES string of the molecule is CC(C)C(=O)Nc1cccc2c1CCCN2. The molecule has 16 heavy (non-hydrogen) atoms. The van der Waals surface area contributed by atoms with Crippen molar-refractivity contribution < 1.29 is 4.79 Å². The van der Waals surface area contributed by atoms with E-state index >= 15 is 0 Å². The minimum atomic E-state index is 0.0207. The van der Waals surface area contributed by atoms with Crippen LogP contribution in [0, 0.1) is 5.92 Å². The number of carbonyl (C=O) groups excluding carboxylic acids is 1. The predicted octanol–water partition coefficient (Wildman–Crippen LogP) is 2.64. The second kappa shape index (κ2) is 4.56. The Balaban J connectivity index is 2.24. The van der Waals surface area contributed by atoms with Crippen molar-refractivity contribution in [1.29, 1.82) is 0 Å². The van der Waals surface area contributed by atoms with Crippen LogP contribution in [0.3, 0.4) is 0 Å². The average molecular weight is 218 g/mol. The smallest absolute Gasteiger partial charge is 0.226 e. The predicted molar refractivity (Wildman–Crippen MR) is 66.7 cm³/mol. The number of rotatable bonds is 2. The van der Waals surface area contributed by atoms with Gasteiger partial charge in [0.25, 0.3) is 0 Å². The summed E-state index contributed by atoms with van der Waals surface area (Å²) in [5, 5.41) is 6.34. The number of amides is 1.